The minimum atomic E-state index is -0.256. The van der Waals surface area contributed by atoms with Crippen molar-refractivity contribution in [3.8, 4) is 0 Å². The van der Waals surface area contributed by atoms with Gasteiger partial charge in [0.25, 0.3) is 0 Å². The molecule has 1 aromatic carbocycles. The fourth-order valence-corrected chi connectivity index (χ4v) is 2.55. The van der Waals surface area contributed by atoms with Gasteiger partial charge >= 0.3 is 6.09 Å². The quantitative estimate of drug-likeness (QED) is 0.919. The van der Waals surface area contributed by atoms with Crippen LogP contribution in [-0.2, 0) is 11.3 Å². The van der Waals surface area contributed by atoms with E-state index < -0.39 is 0 Å². The van der Waals surface area contributed by atoms with Crippen molar-refractivity contribution in [3.63, 3.8) is 0 Å². The third-order valence-electron chi connectivity index (χ3n) is 4.03. The summed E-state index contributed by atoms with van der Waals surface area (Å²) in [4.78, 5) is 13.8. The van der Waals surface area contributed by atoms with Gasteiger partial charge in [0.2, 0.25) is 0 Å². The Labute approximate surface area is 121 Å². The fraction of sp³-hybridized carbons (Fsp3) is 0.562. The molecule has 1 aliphatic rings. The third-order valence-corrected chi connectivity index (χ3v) is 4.03. The summed E-state index contributed by atoms with van der Waals surface area (Å²) in [6, 6.07) is 10.3. The van der Waals surface area contributed by atoms with Crippen molar-refractivity contribution >= 4 is 6.09 Å². The molecule has 2 rings (SSSR count). The number of likely N-dealkylation sites (N-methyl/N-ethyl adjacent to an activating group) is 1. The number of ether oxygens (including phenoxy) is 1. The van der Waals surface area contributed by atoms with Gasteiger partial charge in [-0.1, -0.05) is 36.8 Å². The molecule has 0 spiro atoms. The smallest absolute Gasteiger partial charge is 0.410 e. The summed E-state index contributed by atoms with van der Waals surface area (Å²) in [5.74, 6) is 0. The Balaban J connectivity index is 1.81. The predicted octanol–water partition coefficient (Wildman–Crippen LogP) is 2.79. The van der Waals surface area contributed by atoms with Crippen LogP contribution in [0.4, 0.5) is 4.79 Å². The topological polar surface area (TPSA) is 41.6 Å². The SMILES string of the molecule is CC(C1CCCCN1)N(C)C(=O)OCc1ccccc1. The largest absolute Gasteiger partial charge is 0.445 e. The van der Waals surface area contributed by atoms with Gasteiger partial charge in [0, 0.05) is 19.1 Å². The van der Waals surface area contributed by atoms with Crippen molar-refractivity contribution in [3.05, 3.63) is 35.9 Å². The average molecular weight is 276 g/mol. The zero-order valence-electron chi connectivity index (χ0n) is 12.3. The van der Waals surface area contributed by atoms with Gasteiger partial charge in [-0.2, -0.15) is 0 Å². The van der Waals surface area contributed by atoms with Gasteiger partial charge in [-0.15, -0.1) is 0 Å². The van der Waals surface area contributed by atoms with Gasteiger partial charge < -0.3 is 15.0 Å². The van der Waals surface area contributed by atoms with E-state index in [0.29, 0.717) is 12.6 Å². The molecule has 110 valence electrons. The lowest BCUT2D eigenvalue weighted by Crippen LogP contribution is -2.50. The average Bonchev–Trinajstić information content (AvgIpc) is 2.53. The molecule has 0 bridgehead atoms. The summed E-state index contributed by atoms with van der Waals surface area (Å²) < 4.78 is 5.36. The summed E-state index contributed by atoms with van der Waals surface area (Å²) in [5, 5.41) is 3.48. The number of nitrogens with zero attached hydrogens (tertiary/aromatic N) is 1. The van der Waals surface area contributed by atoms with Crippen molar-refractivity contribution in [1.82, 2.24) is 10.2 Å². The van der Waals surface area contributed by atoms with Gasteiger partial charge in [-0.3, -0.25) is 0 Å². The van der Waals surface area contributed by atoms with Crippen LogP contribution in [0.5, 0.6) is 0 Å². The molecule has 2 atom stereocenters. The second-order valence-electron chi connectivity index (χ2n) is 5.45. The Bertz CT molecular complexity index is 416. The highest BCUT2D eigenvalue weighted by Crippen LogP contribution is 2.15. The number of rotatable bonds is 4. The van der Waals surface area contributed by atoms with Gasteiger partial charge in [0.1, 0.15) is 6.61 Å². The highest BCUT2D eigenvalue weighted by atomic mass is 16.6. The first kappa shape index (κ1) is 14.9. The van der Waals surface area contributed by atoms with E-state index in [9.17, 15) is 4.79 Å². The summed E-state index contributed by atoms with van der Waals surface area (Å²) in [5.41, 5.74) is 1.01. The van der Waals surface area contributed by atoms with Crippen LogP contribution in [-0.4, -0.2) is 36.7 Å². The highest BCUT2D eigenvalue weighted by molar-refractivity contribution is 5.67. The van der Waals surface area contributed by atoms with Crippen LogP contribution in [0.2, 0.25) is 0 Å². The monoisotopic (exact) mass is 276 g/mol. The van der Waals surface area contributed by atoms with Crippen LogP contribution in [0.3, 0.4) is 0 Å². The Kier molecular flexibility index (Phi) is 5.41. The molecule has 1 aromatic rings. The molecule has 0 aromatic heterocycles. The van der Waals surface area contributed by atoms with Crippen molar-refractivity contribution in [2.45, 2.75) is 44.9 Å². The van der Waals surface area contributed by atoms with Crippen molar-refractivity contribution in [2.75, 3.05) is 13.6 Å². The molecule has 1 fully saturated rings. The maximum Gasteiger partial charge on any atom is 0.410 e. The molecule has 1 saturated heterocycles. The second kappa shape index (κ2) is 7.29. The summed E-state index contributed by atoms with van der Waals surface area (Å²) >= 11 is 0. The number of hydrogen-bond donors (Lipinski definition) is 1. The molecule has 1 N–H and O–H groups in total. The standard InChI is InChI=1S/C16H24N2O2/c1-13(15-10-6-7-11-17-15)18(2)16(19)20-12-14-8-4-3-5-9-14/h3-5,8-9,13,15,17H,6-7,10-12H2,1-2H3. The van der Waals surface area contributed by atoms with E-state index in [1.165, 1.54) is 12.8 Å². The van der Waals surface area contributed by atoms with Gasteiger partial charge in [0.05, 0.1) is 0 Å². The molecule has 2 unspecified atom stereocenters. The zero-order chi connectivity index (χ0) is 14.4. The number of nitrogens with one attached hydrogen (secondary N) is 1. The maximum absolute atomic E-state index is 12.1. The van der Waals surface area contributed by atoms with Crippen LogP contribution < -0.4 is 5.32 Å². The van der Waals surface area contributed by atoms with Crippen molar-refractivity contribution in [2.24, 2.45) is 0 Å². The first-order valence-corrected chi connectivity index (χ1v) is 7.35. The normalized spacial score (nSPS) is 20.2. The number of piperidine rings is 1. The van der Waals surface area contributed by atoms with Gasteiger partial charge in [0.15, 0.2) is 0 Å². The van der Waals surface area contributed by atoms with Crippen LogP contribution in [0.25, 0.3) is 0 Å². The van der Waals surface area contributed by atoms with E-state index in [1.807, 2.05) is 37.4 Å². The molecule has 4 nitrogen and oxygen atoms in total. The van der Waals surface area contributed by atoms with E-state index in [0.717, 1.165) is 18.5 Å². The van der Waals surface area contributed by atoms with E-state index >= 15 is 0 Å². The van der Waals surface area contributed by atoms with Crippen LogP contribution in [0, 0.1) is 0 Å². The Hall–Kier alpha value is -1.55. The molecular formula is C16H24N2O2. The molecule has 4 heteroatoms. The first-order chi connectivity index (χ1) is 9.68. The van der Waals surface area contributed by atoms with Crippen LogP contribution in [0.15, 0.2) is 30.3 Å². The minimum Gasteiger partial charge on any atom is -0.445 e. The molecule has 1 heterocycles. The zero-order valence-corrected chi connectivity index (χ0v) is 12.3. The highest BCUT2D eigenvalue weighted by Gasteiger charge is 2.26. The van der Waals surface area contributed by atoms with Gasteiger partial charge in [-0.25, -0.2) is 4.79 Å². The van der Waals surface area contributed by atoms with Crippen LogP contribution >= 0.6 is 0 Å². The Morgan fingerprint density at radius 3 is 2.80 bits per heavy atom. The number of hydrogen-bond acceptors (Lipinski definition) is 3. The molecule has 0 aliphatic carbocycles. The molecule has 0 radical (unpaired) electrons. The molecule has 20 heavy (non-hydrogen) atoms. The van der Waals surface area contributed by atoms with E-state index in [2.05, 4.69) is 12.2 Å². The summed E-state index contributed by atoms with van der Waals surface area (Å²) in [7, 11) is 1.81. The Morgan fingerprint density at radius 1 is 1.40 bits per heavy atom. The maximum atomic E-state index is 12.1. The number of carbonyl (C=O) groups excluding carboxylic acids is 1. The summed E-state index contributed by atoms with van der Waals surface area (Å²) in [6.07, 6.45) is 3.33. The predicted molar refractivity (Wildman–Crippen MR) is 79.5 cm³/mol. The van der Waals surface area contributed by atoms with E-state index in [1.54, 1.807) is 4.90 Å². The lowest BCUT2D eigenvalue weighted by atomic mass is 9.98. The lowest BCUT2D eigenvalue weighted by Gasteiger charge is -2.34. The fourth-order valence-electron chi connectivity index (χ4n) is 2.55. The number of amides is 1. The molecule has 1 amide bonds. The minimum absolute atomic E-state index is 0.151. The van der Waals surface area contributed by atoms with E-state index in [4.69, 9.17) is 4.74 Å². The van der Waals surface area contributed by atoms with E-state index in [-0.39, 0.29) is 12.1 Å². The van der Waals surface area contributed by atoms with Crippen LogP contribution in [0.1, 0.15) is 31.7 Å². The first-order valence-electron chi connectivity index (χ1n) is 7.35. The lowest BCUT2D eigenvalue weighted by molar-refractivity contribution is 0.0840. The molecule has 1 aliphatic heterocycles. The van der Waals surface area contributed by atoms with Gasteiger partial charge in [-0.05, 0) is 31.9 Å². The second-order valence-corrected chi connectivity index (χ2v) is 5.45. The molecule has 0 saturated carbocycles. The number of benzene rings is 1. The number of carbonyl (C=O) groups is 1. The summed E-state index contributed by atoms with van der Waals surface area (Å²) in [6.45, 7) is 3.45. The molecular weight excluding hydrogens is 252 g/mol. The van der Waals surface area contributed by atoms with Crippen molar-refractivity contribution in [1.29, 1.82) is 0 Å². The van der Waals surface area contributed by atoms with Crippen molar-refractivity contribution < 1.29 is 9.53 Å². The third kappa shape index (κ3) is 3.97. The Morgan fingerprint density at radius 2 is 2.15 bits per heavy atom.